The number of halogens is 1. The Morgan fingerprint density at radius 1 is 1.04 bits per heavy atom. The molecule has 2 aromatic carbocycles. The summed E-state index contributed by atoms with van der Waals surface area (Å²) in [5.41, 5.74) is 1.72. The number of likely N-dealkylation sites (N-methyl/N-ethyl adjacent to an activating group) is 1. The van der Waals surface area contributed by atoms with Gasteiger partial charge in [-0.15, -0.1) is 0 Å². The van der Waals surface area contributed by atoms with Gasteiger partial charge >= 0.3 is 0 Å². The lowest BCUT2D eigenvalue weighted by Gasteiger charge is -2.14. The minimum atomic E-state index is -0.156. The van der Waals surface area contributed by atoms with Gasteiger partial charge in [0.25, 0.3) is 11.8 Å². The Morgan fingerprint density at radius 2 is 1.70 bits per heavy atom. The first-order valence-corrected chi connectivity index (χ1v) is 9.11. The summed E-state index contributed by atoms with van der Waals surface area (Å²) in [7, 11) is 3.44. The highest BCUT2D eigenvalue weighted by Crippen LogP contribution is 2.17. The molecule has 6 nitrogen and oxygen atoms in total. The number of amides is 2. The monoisotopic (exact) mass is 390 g/mol. The predicted octanol–water partition coefficient (Wildman–Crippen LogP) is 1.16. The van der Waals surface area contributed by atoms with Crippen LogP contribution in [0.5, 0.6) is 5.75 Å². The summed E-state index contributed by atoms with van der Waals surface area (Å²) >= 11 is 5.82. The molecular formula is C20H25ClN3O3+. The molecule has 2 rings (SSSR count). The number of carbonyl (C=O) groups is 2. The number of para-hydroxylation sites is 1. The maximum Gasteiger partial charge on any atom is 0.279 e. The third-order valence-electron chi connectivity index (χ3n) is 3.96. The Hall–Kier alpha value is -2.57. The molecular weight excluding hydrogens is 366 g/mol. The van der Waals surface area contributed by atoms with E-state index in [0.29, 0.717) is 23.7 Å². The predicted molar refractivity (Wildman–Crippen MR) is 106 cm³/mol. The number of anilines is 1. The molecule has 7 heteroatoms. The summed E-state index contributed by atoms with van der Waals surface area (Å²) in [5.74, 6) is 0.562. The highest BCUT2D eigenvalue weighted by Gasteiger charge is 2.14. The van der Waals surface area contributed by atoms with Crippen LogP contribution < -0.4 is 20.3 Å². The van der Waals surface area contributed by atoms with Crippen LogP contribution in [0.2, 0.25) is 5.02 Å². The molecule has 3 N–H and O–H groups in total. The van der Waals surface area contributed by atoms with Gasteiger partial charge in [-0.05, 0) is 42.3 Å². The van der Waals surface area contributed by atoms with E-state index in [1.807, 2.05) is 24.3 Å². The minimum absolute atomic E-state index is 0.0957. The molecule has 0 aliphatic rings. The number of quaternary nitrogens is 1. The van der Waals surface area contributed by atoms with Crippen molar-refractivity contribution < 1.29 is 19.2 Å². The van der Waals surface area contributed by atoms with Crippen molar-refractivity contribution in [1.29, 1.82) is 0 Å². The van der Waals surface area contributed by atoms with Gasteiger partial charge in [-0.25, -0.2) is 0 Å². The van der Waals surface area contributed by atoms with Crippen molar-refractivity contribution in [2.24, 2.45) is 0 Å². The van der Waals surface area contributed by atoms with Crippen molar-refractivity contribution in [2.45, 2.75) is 6.42 Å². The van der Waals surface area contributed by atoms with E-state index < -0.39 is 0 Å². The molecule has 2 aromatic rings. The second-order valence-electron chi connectivity index (χ2n) is 6.28. The van der Waals surface area contributed by atoms with Crippen molar-refractivity contribution in [3.05, 3.63) is 59.1 Å². The van der Waals surface area contributed by atoms with Crippen LogP contribution >= 0.6 is 11.6 Å². The van der Waals surface area contributed by atoms with E-state index in [2.05, 4.69) is 10.6 Å². The topological polar surface area (TPSA) is 71.9 Å². The van der Waals surface area contributed by atoms with Crippen molar-refractivity contribution >= 4 is 29.1 Å². The minimum Gasteiger partial charge on any atom is -0.496 e. The molecule has 144 valence electrons. The molecule has 1 unspecified atom stereocenters. The number of carbonyl (C=O) groups excluding carboxylic acids is 2. The standard InChI is InChI=1S/C20H24ClN3O3/c1-24(14-20(26)23-17-9-7-16(21)8-10-17)13-19(25)22-12-11-15-5-3-4-6-18(15)27-2/h3-10H,11-14H2,1-2H3,(H,22,25)(H,23,26)/p+1. The molecule has 0 aromatic heterocycles. The van der Waals surface area contributed by atoms with Crippen LogP contribution in [0, 0.1) is 0 Å². The van der Waals surface area contributed by atoms with Crippen molar-refractivity contribution in [3.8, 4) is 5.75 Å². The Labute approximate surface area is 164 Å². The molecule has 0 aliphatic heterocycles. The van der Waals surface area contributed by atoms with Crippen LogP contribution in [0.15, 0.2) is 48.5 Å². The smallest absolute Gasteiger partial charge is 0.279 e. The van der Waals surface area contributed by atoms with Gasteiger partial charge in [0.1, 0.15) is 5.75 Å². The molecule has 0 saturated carbocycles. The average Bonchev–Trinajstić information content (AvgIpc) is 2.63. The van der Waals surface area contributed by atoms with Crippen LogP contribution in [-0.4, -0.2) is 45.6 Å². The van der Waals surface area contributed by atoms with E-state index in [9.17, 15) is 9.59 Å². The number of methoxy groups -OCH3 is 1. The molecule has 1 atom stereocenters. The van der Waals surface area contributed by atoms with Crippen LogP contribution in [-0.2, 0) is 16.0 Å². The fourth-order valence-corrected chi connectivity index (χ4v) is 2.78. The Balaban J connectivity index is 1.70. The Bertz CT molecular complexity index is 765. The van der Waals surface area contributed by atoms with E-state index in [1.54, 1.807) is 38.4 Å². The first-order valence-electron chi connectivity index (χ1n) is 8.73. The SMILES string of the molecule is COc1ccccc1CCNC(=O)C[NH+](C)CC(=O)Nc1ccc(Cl)cc1. The second-order valence-corrected chi connectivity index (χ2v) is 6.71. The number of hydrogen-bond donors (Lipinski definition) is 3. The number of nitrogens with one attached hydrogen (secondary N) is 3. The van der Waals surface area contributed by atoms with Crippen LogP contribution in [0.25, 0.3) is 0 Å². The van der Waals surface area contributed by atoms with E-state index in [0.717, 1.165) is 16.2 Å². The van der Waals surface area contributed by atoms with Gasteiger partial charge in [0, 0.05) is 17.3 Å². The lowest BCUT2D eigenvalue weighted by molar-refractivity contribution is -0.862. The van der Waals surface area contributed by atoms with Gasteiger partial charge in [-0.2, -0.15) is 0 Å². The largest absolute Gasteiger partial charge is 0.496 e. The molecule has 0 bridgehead atoms. The van der Waals surface area contributed by atoms with Crippen molar-refractivity contribution in [1.82, 2.24) is 5.32 Å². The molecule has 0 radical (unpaired) electrons. The van der Waals surface area contributed by atoms with Crippen molar-refractivity contribution in [3.63, 3.8) is 0 Å². The summed E-state index contributed by atoms with van der Waals surface area (Å²) in [4.78, 5) is 24.9. The van der Waals surface area contributed by atoms with Gasteiger partial charge in [-0.3, -0.25) is 9.59 Å². The molecule has 27 heavy (non-hydrogen) atoms. The van der Waals surface area contributed by atoms with Gasteiger partial charge in [-0.1, -0.05) is 29.8 Å². The zero-order valence-electron chi connectivity index (χ0n) is 15.5. The average molecular weight is 391 g/mol. The summed E-state index contributed by atoms with van der Waals surface area (Å²) in [5, 5.41) is 6.28. The molecule has 0 spiro atoms. The fraction of sp³-hybridized carbons (Fsp3) is 0.300. The lowest BCUT2D eigenvalue weighted by atomic mass is 10.1. The van der Waals surface area contributed by atoms with E-state index >= 15 is 0 Å². The molecule has 0 heterocycles. The maximum absolute atomic E-state index is 12.1. The number of benzene rings is 2. The lowest BCUT2D eigenvalue weighted by Crippen LogP contribution is -3.11. The summed E-state index contributed by atoms with van der Waals surface area (Å²) in [6.07, 6.45) is 0.686. The van der Waals surface area contributed by atoms with Crippen LogP contribution in [0.4, 0.5) is 5.69 Å². The molecule has 0 fully saturated rings. The summed E-state index contributed by atoms with van der Waals surface area (Å²) in [6.45, 7) is 0.936. The normalized spacial score (nSPS) is 11.5. The Kier molecular flexibility index (Phi) is 8.10. The highest BCUT2D eigenvalue weighted by molar-refractivity contribution is 6.30. The van der Waals surface area contributed by atoms with Crippen molar-refractivity contribution in [2.75, 3.05) is 39.1 Å². The number of rotatable bonds is 9. The van der Waals surface area contributed by atoms with E-state index in [-0.39, 0.29) is 24.9 Å². The molecule has 0 saturated heterocycles. The first kappa shape index (κ1) is 20.7. The third-order valence-corrected chi connectivity index (χ3v) is 4.21. The van der Waals surface area contributed by atoms with Gasteiger partial charge < -0.3 is 20.3 Å². The first-order chi connectivity index (χ1) is 13.0. The number of ether oxygens (including phenoxy) is 1. The van der Waals surface area contributed by atoms with Crippen LogP contribution in [0.3, 0.4) is 0 Å². The zero-order chi connectivity index (χ0) is 19.6. The summed E-state index contributed by atoms with van der Waals surface area (Å²) in [6, 6.07) is 14.6. The maximum atomic E-state index is 12.1. The summed E-state index contributed by atoms with van der Waals surface area (Å²) < 4.78 is 5.30. The molecule has 2 amide bonds. The van der Waals surface area contributed by atoms with E-state index in [4.69, 9.17) is 16.3 Å². The number of hydrogen-bond acceptors (Lipinski definition) is 3. The van der Waals surface area contributed by atoms with Crippen LogP contribution in [0.1, 0.15) is 5.56 Å². The second kappa shape index (κ2) is 10.5. The molecule has 0 aliphatic carbocycles. The van der Waals surface area contributed by atoms with Gasteiger partial charge in [0.05, 0.1) is 14.2 Å². The fourth-order valence-electron chi connectivity index (χ4n) is 2.66. The Morgan fingerprint density at radius 3 is 2.41 bits per heavy atom. The third kappa shape index (κ3) is 7.29. The van der Waals surface area contributed by atoms with E-state index in [1.165, 1.54) is 0 Å². The highest BCUT2D eigenvalue weighted by atomic mass is 35.5. The van der Waals surface area contributed by atoms with Gasteiger partial charge in [0.15, 0.2) is 13.1 Å². The quantitative estimate of drug-likeness (QED) is 0.601. The van der Waals surface area contributed by atoms with Gasteiger partial charge in [0.2, 0.25) is 0 Å². The zero-order valence-corrected chi connectivity index (χ0v) is 16.3.